The molecule has 1 fully saturated rings. The zero-order chi connectivity index (χ0) is 15.2. The number of hydrogen-bond acceptors (Lipinski definition) is 2. The molecule has 1 aromatic rings. The first-order valence-electron chi connectivity index (χ1n) is 7.61. The first-order chi connectivity index (χ1) is 10.1. The first kappa shape index (κ1) is 15.6. The van der Waals surface area contributed by atoms with Crippen LogP contribution in [0.2, 0.25) is 0 Å². The zero-order valence-corrected chi connectivity index (χ0v) is 12.8. The van der Waals surface area contributed by atoms with Gasteiger partial charge in [-0.15, -0.1) is 0 Å². The summed E-state index contributed by atoms with van der Waals surface area (Å²) in [6.45, 7) is 4.06. The predicted octanol–water partition coefficient (Wildman–Crippen LogP) is 3.10. The van der Waals surface area contributed by atoms with E-state index in [1.165, 1.54) is 0 Å². The molecule has 1 amide bonds. The number of benzene rings is 1. The van der Waals surface area contributed by atoms with Gasteiger partial charge < -0.3 is 10.4 Å². The largest absolute Gasteiger partial charge is 0.384 e. The molecule has 2 rings (SSSR count). The van der Waals surface area contributed by atoms with E-state index in [1.54, 1.807) is 0 Å². The Labute approximate surface area is 126 Å². The number of aryl methyl sites for hydroxylation is 1. The van der Waals surface area contributed by atoms with Gasteiger partial charge in [0, 0.05) is 17.2 Å². The molecule has 0 radical (unpaired) electrons. The average Bonchev–Trinajstić information content (AvgIpc) is 2.48. The van der Waals surface area contributed by atoms with E-state index in [0.29, 0.717) is 0 Å². The fourth-order valence-electron chi connectivity index (χ4n) is 2.74. The predicted molar refractivity (Wildman–Crippen MR) is 84.9 cm³/mol. The minimum Gasteiger partial charge on any atom is -0.384 e. The molecule has 1 saturated carbocycles. The normalized spacial score (nSPS) is 21.3. The molecule has 21 heavy (non-hydrogen) atoms. The summed E-state index contributed by atoms with van der Waals surface area (Å²) in [4.78, 5) is 12.3. The van der Waals surface area contributed by atoms with Gasteiger partial charge in [0.15, 0.2) is 0 Å². The van der Waals surface area contributed by atoms with Crippen LogP contribution in [0, 0.1) is 30.6 Å². The van der Waals surface area contributed by atoms with E-state index in [2.05, 4.69) is 24.1 Å². The number of carbonyl (C=O) groups excluding carboxylic acids is 1. The molecule has 1 aliphatic carbocycles. The van der Waals surface area contributed by atoms with Gasteiger partial charge in [0.2, 0.25) is 5.91 Å². The van der Waals surface area contributed by atoms with Crippen molar-refractivity contribution in [1.29, 1.82) is 0 Å². The summed E-state index contributed by atoms with van der Waals surface area (Å²) >= 11 is 0. The van der Waals surface area contributed by atoms with Gasteiger partial charge in [-0.1, -0.05) is 24.8 Å². The van der Waals surface area contributed by atoms with Crippen LogP contribution < -0.4 is 5.32 Å². The molecule has 0 aromatic heterocycles. The van der Waals surface area contributed by atoms with E-state index in [0.717, 1.165) is 48.4 Å². The van der Waals surface area contributed by atoms with Crippen molar-refractivity contribution in [3.63, 3.8) is 0 Å². The van der Waals surface area contributed by atoms with Gasteiger partial charge in [-0.05, 0) is 56.2 Å². The third-order valence-electron chi connectivity index (χ3n) is 4.19. The van der Waals surface area contributed by atoms with E-state index >= 15 is 0 Å². The fourth-order valence-corrected chi connectivity index (χ4v) is 2.74. The molecule has 3 nitrogen and oxygen atoms in total. The van der Waals surface area contributed by atoms with Crippen molar-refractivity contribution in [3.05, 3.63) is 29.3 Å². The quantitative estimate of drug-likeness (QED) is 0.820. The standard InChI is InChI=1S/C18H23NO2/c1-13-5-8-15(9-6-13)18(21)19-17-10-7-14(2)16(12-17)4-3-11-20/h7,10,12-13,15,20H,5-6,8-9,11H2,1-2H3,(H,19,21). The molecule has 3 heteroatoms. The molecule has 0 atom stereocenters. The lowest BCUT2D eigenvalue weighted by Crippen LogP contribution is -2.26. The second-order valence-corrected chi connectivity index (χ2v) is 5.94. The number of aliphatic hydroxyl groups is 1. The number of rotatable bonds is 2. The van der Waals surface area contributed by atoms with E-state index in [-0.39, 0.29) is 18.4 Å². The molecule has 1 aliphatic rings. The summed E-state index contributed by atoms with van der Waals surface area (Å²) < 4.78 is 0. The maximum absolute atomic E-state index is 12.3. The van der Waals surface area contributed by atoms with E-state index in [9.17, 15) is 4.79 Å². The second-order valence-electron chi connectivity index (χ2n) is 5.94. The van der Waals surface area contributed by atoms with Crippen LogP contribution in [-0.2, 0) is 4.79 Å². The fraction of sp³-hybridized carbons (Fsp3) is 0.500. The summed E-state index contributed by atoms with van der Waals surface area (Å²) in [7, 11) is 0. The van der Waals surface area contributed by atoms with Crippen molar-refractivity contribution in [1.82, 2.24) is 0 Å². The summed E-state index contributed by atoms with van der Waals surface area (Å²) in [5.74, 6) is 6.55. The Morgan fingerprint density at radius 1 is 1.33 bits per heavy atom. The highest BCUT2D eigenvalue weighted by molar-refractivity contribution is 5.92. The van der Waals surface area contributed by atoms with Gasteiger partial charge >= 0.3 is 0 Å². The second kappa shape index (κ2) is 7.28. The van der Waals surface area contributed by atoms with Crippen LogP contribution in [0.4, 0.5) is 5.69 Å². The van der Waals surface area contributed by atoms with Crippen molar-refractivity contribution in [2.24, 2.45) is 11.8 Å². The number of aliphatic hydroxyl groups excluding tert-OH is 1. The summed E-state index contributed by atoms with van der Waals surface area (Å²) in [5.41, 5.74) is 2.67. The van der Waals surface area contributed by atoms with Gasteiger partial charge in [-0.3, -0.25) is 4.79 Å². The number of hydrogen-bond donors (Lipinski definition) is 2. The molecule has 1 aromatic carbocycles. The molecule has 0 saturated heterocycles. The summed E-state index contributed by atoms with van der Waals surface area (Å²) in [5, 5.41) is 11.8. The number of anilines is 1. The van der Waals surface area contributed by atoms with Gasteiger partial charge in [0.25, 0.3) is 0 Å². The zero-order valence-electron chi connectivity index (χ0n) is 12.8. The Balaban J connectivity index is 2.04. The summed E-state index contributed by atoms with van der Waals surface area (Å²) in [6.07, 6.45) is 4.24. The first-order valence-corrected chi connectivity index (χ1v) is 7.61. The Hall–Kier alpha value is -1.79. The lowest BCUT2D eigenvalue weighted by molar-refractivity contribution is -0.121. The van der Waals surface area contributed by atoms with Crippen LogP contribution in [0.25, 0.3) is 0 Å². The maximum Gasteiger partial charge on any atom is 0.227 e. The third kappa shape index (κ3) is 4.34. The van der Waals surface area contributed by atoms with Crippen molar-refractivity contribution >= 4 is 11.6 Å². The molecule has 0 unspecified atom stereocenters. The molecular formula is C18H23NO2. The lowest BCUT2D eigenvalue weighted by atomic mass is 9.82. The topological polar surface area (TPSA) is 49.3 Å². The van der Waals surface area contributed by atoms with Crippen LogP contribution in [0.3, 0.4) is 0 Å². The molecule has 0 bridgehead atoms. The van der Waals surface area contributed by atoms with Crippen molar-refractivity contribution < 1.29 is 9.90 Å². The number of amides is 1. The van der Waals surface area contributed by atoms with Crippen LogP contribution in [0.5, 0.6) is 0 Å². The highest BCUT2D eigenvalue weighted by atomic mass is 16.2. The minimum atomic E-state index is -0.156. The average molecular weight is 285 g/mol. The molecule has 2 N–H and O–H groups in total. The Bertz CT molecular complexity index is 560. The van der Waals surface area contributed by atoms with E-state index in [1.807, 2.05) is 25.1 Å². The van der Waals surface area contributed by atoms with Crippen LogP contribution in [0.1, 0.15) is 43.7 Å². The molecule has 0 aliphatic heterocycles. The van der Waals surface area contributed by atoms with Crippen molar-refractivity contribution in [3.8, 4) is 11.8 Å². The number of carbonyl (C=O) groups is 1. The highest BCUT2D eigenvalue weighted by Crippen LogP contribution is 2.29. The van der Waals surface area contributed by atoms with Crippen molar-refractivity contribution in [2.75, 3.05) is 11.9 Å². The molecule has 112 valence electrons. The van der Waals surface area contributed by atoms with Crippen LogP contribution >= 0.6 is 0 Å². The molecule has 0 spiro atoms. The molecule has 0 heterocycles. The smallest absolute Gasteiger partial charge is 0.227 e. The maximum atomic E-state index is 12.3. The Morgan fingerprint density at radius 3 is 2.71 bits per heavy atom. The van der Waals surface area contributed by atoms with E-state index < -0.39 is 0 Å². The number of nitrogens with one attached hydrogen (secondary N) is 1. The summed E-state index contributed by atoms with van der Waals surface area (Å²) in [6, 6.07) is 5.73. The van der Waals surface area contributed by atoms with Gasteiger partial charge in [-0.2, -0.15) is 0 Å². The molecular weight excluding hydrogens is 262 g/mol. The van der Waals surface area contributed by atoms with E-state index in [4.69, 9.17) is 5.11 Å². The Kier molecular flexibility index (Phi) is 5.41. The van der Waals surface area contributed by atoms with Crippen LogP contribution in [0.15, 0.2) is 18.2 Å². The van der Waals surface area contributed by atoms with Gasteiger partial charge in [0.1, 0.15) is 6.61 Å². The highest BCUT2D eigenvalue weighted by Gasteiger charge is 2.24. The monoisotopic (exact) mass is 285 g/mol. The lowest BCUT2D eigenvalue weighted by Gasteiger charge is -2.25. The van der Waals surface area contributed by atoms with Gasteiger partial charge in [0.05, 0.1) is 0 Å². The van der Waals surface area contributed by atoms with Crippen LogP contribution in [-0.4, -0.2) is 17.6 Å². The third-order valence-corrected chi connectivity index (χ3v) is 4.19. The van der Waals surface area contributed by atoms with Crippen molar-refractivity contribution in [2.45, 2.75) is 39.5 Å². The van der Waals surface area contributed by atoms with Gasteiger partial charge in [-0.25, -0.2) is 0 Å². The minimum absolute atomic E-state index is 0.117. The SMILES string of the molecule is Cc1ccc(NC(=O)C2CCC(C)CC2)cc1C#CCO. The Morgan fingerprint density at radius 2 is 2.05 bits per heavy atom.